The van der Waals surface area contributed by atoms with Gasteiger partial charge in [0.15, 0.2) is 17.5 Å². The van der Waals surface area contributed by atoms with Gasteiger partial charge in [-0.25, -0.2) is 15.0 Å². The molecule has 7 aromatic carbocycles. The van der Waals surface area contributed by atoms with Gasteiger partial charge in [0.1, 0.15) is 0 Å². The van der Waals surface area contributed by atoms with Crippen molar-refractivity contribution in [3.05, 3.63) is 187 Å². The van der Waals surface area contributed by atoms with Crippen LogP contribution in [0, 0.1) is 0 Å². The van der Waals surface area contributed by atoms with E-state index in [9.17, 15) is 0 Å². The Morgan fingerprint density at radius 1 is 0.314 bits per heavy atom. The highest BCUT2D eigenvalue weighted by atomic mass is 15.0. The van der Waals surface area contributed by atoms with Gasteiger partial charge in [0.05, 0.1) is 0 Å². The lowest BCUT2D eigenvalue weighted by atomic mass is 9.82. The highest BCUT2D eigenvalue weighted by Crippen LogP contribution is 2.52. The minimum atomic E-state index is -0.0714. The molecule has 0 unspecified atom stereocenters. The number of nitrogens with zero attached hydrogens (tertiary/aromatic N) is 3. The fourth-order valence-electron chi connectivity index (χ4n) is 7.59. The normalized spacial score (nSPS) is 12.7. The lowest BCUT2D eigenvalue weighted by molar-refractivity contribution is 0.660. The van der Waals surface area contributed by atoms with Gasteiger partial charge >= 0.3 is 0 Å². The van der Waals surface area contributed by atoms with Gasteiger partial charge in [-0.1, -0.05) is 178 Å². The lowest BCUT2D eigenvalue weighted by Gasteiger charge is -2.21. The Bertz CT molecular complexity index is 2550. The molecule has 0 fully saturated rings. The van der Waals surface area contributed by atoms with Gasteiger partial charge in [0, 0.05) is 22.1 Å². The maximum absolute atomic E-state index is 5.21. The average Bonchev–Trinajstić information content (AvgIpc) is 3.44. The molecular weight excluding hydrogens is 619 g/mol. The van der Waals surface area contributed by atoms with Crippen molar-refractivity contribution in [2.75, 3.05) is 0 Å². The average molecular weight is 654 g/mol. The van der Waals surface area contributed by atoms with Crippen molar-refractivity contribution >= 4 is 0 Å². The Morgan fingerprint density at radius 3 is 1.47 bits per heavy atom. The fourth-order valence-corrected chi connectivity index (χ4v) is 7.59. The first-order chi connectivity index (χ1) is 25.0. The summed E-state index contributed by atoms with van der Waals surface area (Å²) in [7, 11) is 0. The smallest absolute Gasteiger partial charge is 0.164 e. The van der Waals surface area contributed by atoms with Crippen molar-refractivity contribution in [3.8, 4) is 78.7 Å². The highest BCUT2D eigenvalue weighted by Gasteiger charge is 2.36. The predicted molar refractivity (Wildman–Crippen MR) is 210 cm³/mol. The van der Waals surface area contributed by atoms with Crippen LogP contribution in [-0.2, 0) is 5.41 Å². The molecule has 51 heavy (non-hydrogen) atoms. The van der Waals surface area contributed by atoms with Crippen molar-refractivity contribution in [1.82, 2.24) is 15.0 Å². The van der Waals surface area contributed by atoms with Crippen molar-refractivity contribution in [2.45, 2.75) is 19.3 Å². The van der Waals surface area contributed by atoms with E-state index in [1.807, 2.05) is 12.1 Å². The quantitative estimate of drug-likeness (QED) is 0.179. The summed E-state index contributed by atoms with van der Waals surface area (Å²) >= 11 is 0. The summed E-state index contributed by atoms with van der Waals surface area (Å²) in [5.74, 6) is 1.91. The molecule has 0 spiro atoms. The van der Waals surface area contributed by atoms with Crippen molar-refractivity contribution in [2.24, 2.45) is 0 Å². The van der Waals surface area contributed by atoms with Crippen LogP contribution in [0.5, 0.6) is 0 Å². The molecule has 0 N–H and O–H groups in total. The molecule has 1 heterocycles. The van der Waals surface area contributed by atoms with Gasteiger partial charge < -0.3 is 0 Å². The van der Waals surface area contributed by atoms with Crippen molar-refractivity contribution in [3.63, 3.8) is 0 Å². The summed E-state index contributed by atoms with van der Waals surface area (Å²) in [4.78, 5) is 15.6. The molecule has 242 valence electrons. The highest BCUT2D eigenvalue weighted by molar-refractivity contribution is 5.93. The molecule has 1 aromatic heterocycles. The summed E-state index contributed by atoms with van der Waals surface area (Å²) in [5, 5.41) is 0. The number of benzene rings is 7. The Labute approximate surface area is 299 Å². The first kappa shape index (κ1) is 30.6. The molecule has 9 rings (SSSR count). The van der Waals surface area contributed by atoms with Gasteiger partial charge in [-0.05, 0) is 67.8 Å². The topological polar surface area (TPSA) is 38.7 Å². The second kappa shape index (κ2) is 12.5. The van der Waals surface area contributed by atoms with Crippen LogP contribution >= 0.6 is 0 Å². The molecule has 8 aromatic rings. The Morgan fingerprint density at radius 2 is 0.765 bits per heavy atom. The van der Waals surface area contributed by atoms with Crippen LogP contribution in [0.25, 0.3) is 78.7 Å². The van der Waals surface area contributed by atoms with Gasteiger partial charge in [-0.2, -0.15) is 0 Å². The zero-order chi connectivity index (χ0) is 34.4. The molecule has 0 radical (unpaired) electrons. The minimum absolute atomic E-state index is 0.0714. The maximum atomic E-state index is 5.21. The van der Waals surface area contributed by atoms with Gasteiger partial charge in [0.2, 0.25) is 0 Å². The first-order valence-corrected chi connectivity index (χ1v) is 17.5. The number of hydrogen-bond donors (Lipinski definition) is 0. The zero-order valence-corrected chi connectivity index (χ0v) is 28.6. The summed E-state index contributed by atoms with van der Waals surface area (Å²) in [6.07, 6.45) is 0. The predicted octanol–water partition coefficient (Wildman–Crippen LogP) is 12.2. The van der Waals surface area contributed by atoms with E-state index >= 15 is 0 Å². The second-order valence-corrected chi connectivity index (χ2v) is 13.6. The van der Waals surface area contributed by atoms with Gasteiger partial charge in [0.25, 0.3) is 0 Å². The fraction of sp³-hybridized carbons (Fsp3) is 0.0625. The number of fused-ring (bicyclic) bond motifs is 3. The van der Waals surface area contributed by atoms with E-state index in [0.717, 1.165) is 44.5 Å². The molecule has 0 aliphatic heterocycles. The number of aromatic nitrogens is 3. The number of rotatable bonds is 6. The van der Waals surface area contributed by atoms with Crippen LogP contribution in [0.4, 0.5) is 0 Å². The third-order valence-corrected chi connectivity index (χ3v) is 10.2. The summed E-state index contributed by atoms with van der Waals surface area (Å²) in [6, 6.07) is 61.9. The lowest BCUT2D eigenvalue weighted by Crippen LogP contribution is -2.14. The van der Waals surface area contributed by atoms with E-state index < -0.39 is 0 Å². The largest absolute Gasteiger partial charge is 0.208 e. The monoisotopic (exact) mass is 653 g/mol. The third kappa shape index (κ3) is 5.44. The van der Waals surface area contributed by atoms with Crippen molar-refractivity contribution < 1.29 is 0 Å². The third-order valence-electron chi connectivity index (χ3n) is 10.2. The molecule has 0 saturated carbocycles. The van der Waals surface area contributed by atoms with E-state index in [1.54, 1.807) is 0 Å². The van der Waals surface area contributed by atoms with Crippen LogP contribution < -0.4 is 0 Å². The van der Waals surface area contributed by atoms with Crippen LogP contribution in [0.15, 0.2) is 176 Å². The Hall–Kier alpha value is -6.45. The van der Waals surface area contributed by atoms with E-state index in [-0.39, 0.29) is 5.41 Å². The molecular formula is C48H35N3. The minimum Gasteiger partial charge on any atom is -0.208 e. The molecule has 1 aliphatic carbocycles. The van der Waals surface area contributed by atoms with Crippen LogP contribution in [0.3, 0.4) is 0 Å². The zero-order valence-electron chi connectivity index (χ0n) is 28.6. The molecule has 0 amide bonds. The molecule has 3 heteroatoms. The number of hydrogen-bond acceptors (Lipinski definition) is 3. The van der Waals surface area contributed by atoms with Gasteiger partial charge in [-0.3, -0.25) is 0 Å². The summed E-state index contributed by atoms with van der Waals surface area (Å²) < 4.78 is 0. The van der Waals surface area contributed by atoms with Crippen LogP contribution in [0.2, 0.25) is 0 Å². The van der Waals surface area contributed by atoms with E-state index in [2.05, 4.69) is 178 Å². The standard InChI is InChI=1S/C48H35N3/c1-48(2)42-28-12-11-26-41(42)44-39(27-15-29-43(44)48)35-21-14-23-37(31-35)46-49-45(36-22-13-20-34(30-36)32-16-5-3-6-17-32)50-47(51-46)40-25-10-9-24-38(40)33-18-7-4-8-19-33/h3-31H,1-2H3. The van der Waals surface area contributed by atoms with Crippen LogP contribution in [0.1, 0.15) is 25.0 Å². The molecule has 3 nitrogen and oxygen atoms in total. The Balaban J connectivity index is 1.23. The molecule has 1 aliphatic rings. The van der Waals surface area contributed by atoms with Gasteiger partial charge in [-0.15, -0.1) is 0 Å². The van der Waals surface area contributed by atoms with E-state index in [0.29, 0.717) is 17.5 Å². The summed E-state index contributed by atoms with van der Waals surface area (Å²) in [6.45, 7) is 4.65. The van der Waals surface area contributed by atoms with E-state index in [4.69, 9.17) is 15.0 Å². The van der Waals surface area contributed by atoms with E-state index in [1.165, 1.54) is 27.8 Å². The second-order valence-electron chi connectivity index (χ2n) is 13.6. The molecule has 0 bridgehead atoms. The first-order valence-electron chi connectivity index (χ1n) is 17.5. The molecule has 0 atom stereocenters. The SMILES string of the molecule is CC1(C)c2ccccc2-c2c(-c3cccc(-c4nc(-c5cccc(-c6ccccc6)c5)nc(-c5ccccc5-c5ccccc5)n4)c3)cccc21. The van der Waals surface area contributed by atoms with Crippen molar-refractivity contribution in [1.29, 1.82) is 0 Å². The van der Waals surface area contributed by atoms with Crippen LogP contribution in [-0.4, -0.2) is 15.0 Å². The molecule has 0 saturated heterocycles. The Kier molecular flexibility index (Phi) is 7.48. The summed E-state index contributed by atoms with van der Waals surface area (Å²) in [5.41, 5.74) is 14.9. The maximum Gasteiger partial charge on any atom is 0.164 e.